The lowest BCUT2D eigenvalue weighted by molar-refractivity contribution is 0.823. The lowest BCUT2D eigenvalue weighted by Crippen LogP contribution is -1.96. The van der Waals surface area contributed by atoms with Gasteiger partial charge in [0.15, 0.2) is 0 Å². The van der Waals surface area contributed by atoms with Crippen molar-refractivity contribution in [3.63, 3.8) is 0 Å². The van der Waals surface area contributed by atoms with E-state index < -0.39 is 0 Å². The topological polar surface area (TPSA) is 0 Å². The van der Waals surface area contributed by atoms with Crippen LogP contribution < -0.4 is 0 Å². The van der Waals surface area contributed by atoms with E-state index in [0.717, 1.165) is 0 Å². The van der Waals surface area contributed by atoms with Gasteiger partial charge in [0.05, 0.1) is 0 Å². The number of aryl methyl sites for hydroxylation is 1. The molecule has 0 amide bonds. The normalized spacial score (nSPS) is 11.3. The molecular weight excluding hydrogens is 156 g/mol. The van der Waals surface area contributed by atoms with Gasteiger partial charge in [-0.15, -0.1) is 0 Å². The smallest absolute Gasteiger partial charge is 0.0106 e. The van der Waals surface area contributed by atoms with E-state index in [9.17, 15) is 0 Å². The summed E-state index contributed by atoms with van der Waals surface area (Å²) in [5.74, 6) is 1.16. The molecule has 1 aromatic carbocycles. The Labute approximate surface area is 82.0 Å². The lowest BCUT2D eigenvalue weighted by atomic mass is 9.92. The summed E-state index contributed by atoms with van der Waals surface area (Å²) in [6.07, 6.45) is 0. The average Bonchev–Trinajstić information content (AvgIpc) is 2.04. The van der Waals surface area contributed by atoms with Crippen molar-refractivity contribution < 1.29 is 0 Å². The van der Waals surface area contributed by atoms with Gasteiger partial charge in [-0.3, -0.25) is 0 Å². The maximum atomic E-state index is 3.51. The van der Waals surface area contributed by atoms with Crippen LogP contribution in [0.5, 0.6) is 0 Å². The molecule has 0 aliphatic rings. The van der Waals surface area contributed by atoms with Gasteiger partial charge in [0.1, 0.15) is 0 Å². The van der Waals surface area contributed by atoms with Gasteiger partial charge in [-0.25, -0.2) is 0 Å². The Kier molecular flexibility index (Phi) is 3.13. The molecule has 0 nitrogen and oxygen atoms in total. The Morgan fingerprint density at radius 2 is 1.62 bits per heavy atom. The highest BCUT2D eigenvalue weighted by atomic mass is 14.1. The maximum Gasteiger partial charge on any atom is -0.0106 e. The van der Waals surface area contributed by atoms with Gasteiger partial charge >= 0.3 is 0 Å². The fourth-order valence-electron chi connectivity index (χ4n) is 1.54. The van der Waals surface area contributed by atoms with Crippen molar-refractivity contribution in [1.29, 1.82) is 0 Å². The maximum absolute atomic E-state index is 3.51. The molecule has 0 aliphatic carbocycles. The van der Waals surface area contributed by atoms with Crippen molar-refractivity contribution in [2.75, 3.05) is 0 Å². The number of benzene rings is 1. The minimum atomic E-state index is 0.582. The van der Waals surface area contributed by atoms with E-state index in [1.807, 2.05) is 0 Å². The minimum absolute atomic E-state index is 0.582. The van der Waals surface area contributed by atoms with Crippen LogP contribution in [0.1, 0.15) is 56.2 Å². The van der Waals surface area contributed by atoms with Gasteiger partial charge in [0, 0.05) is 0 Å². The molecule has 1 aromatic rings. The molecule has 0 heteroatoms. The second-order valence-electron chi connectivity index (χ2n) is 4.32. The van der Waals surface area contributed by atoms with Crippen LogP contribution >= 0.6 is 0 Å². The first kappa shape index (κ1) is 10.3. The van der Waals surface area contributed by atoms with Crippen LogP contribution in [0, 0.1) is 13.0 Å². The number of hydrogen-bond donors (Lipinski definition) is 0. The summed E-state index contributed by atoms with van der Waals surface area (Å²) in [6.45, 7) is 11.0. The SMILES string of the molecule is Cc1ccc(C(C)C)[c]c1C(C)C. The first-order chi connectivity index (χ1) is 6.02. The first-order valence-corrected chi connectivity index (χ1v) is 5.05. The molecule has 0 N–H and O–H groups in total. The minimum Gasteiger partial charge on any atom is -0.0587 e. The second-order valence-corrected chi connectivity index (χ2v) is 4.32. The van der Waals surface area contributed by atoms with Crippen LogP contribution in [-0.2, 0) is 0 Å². The molecule has 0 bridgehead atoms. The molecular formula is C13H19. The summed E-state index contributed by atoms with van der Waals surface area (Å²) in [6, 6.07) is 7.91. The van der Waals surface area contributed by atoms with Crippen LogP contribution in [-0.4, -0.2) is 0 Å². The standard InChI is InChI=1S/C13H19/c1-9(2)12-7-6-11(5)13(8-12)10(3)4/h6-7,9-10H,1-5H3. The zero-order chi connectivity index (χ0) is 10.0. The lowest BCUT2D eigenvalue weighted by Gasteiger charge is -2.12. The van der Waals surface area contributed by atoms with E-state index in [1.165, 1.54) is 16.7 Å². The van der Waals surface area contributed by atoms with Crippen molar-refractivity contribution >= 4 is 0 Å². The van der Waals surface area contributed by atoms with Gasteiger partial charge in [-0.05, 0) is 41.5 Å². The van der Waals surface area contributed by atoms with E-state index in [0.29, 0.717) is 11.8 Å². The predicted molar refractivity (Wildman–Crippen MR) is 58.2 cm³/mol. The van der Waals surface area contributed by atoms with Crippen LogP contribution in [0.15, 0.2) is 12.1 Å². The molecule has 1 radical (unpaired) electrons. The summed E-state index contributed by atoms with van der Waals surface area (Å²) in [4.78, 5) is 0. The molecule has 0 spiro atoms. The fourth-order valence-corrected chi connectivity index (χ4v) is 1.54. The van der Waals surface area contributed by atoms with Crippen LogP contribution in [0.3, 0.4) is 0 Å². The molecule has 0 heterocycles. The molecule has 0 unspecified atom stereocenters. The van der Waals surface area contributed by atoms with E-state index >= 15 is 0 Å². The van der Waals surface area contributed by atoms with E-state index in [-0.39, 0.29) is 0 Å². The van der Waals surface area contributed by atoms with E-state index in [2.05, 4.69) is 52.8 Å². The zero-order valence-electron chi connectivity index (χ0n) is 9.31. The van der Waals surface area contributed by atoms with Crippen LogP contribution in [0.4, 0.5) is 0 Å². The zero-order valence-corrected chi connectivity index (χ0v) is 9.31. The highest BCUT2D eigenvalue weighted by Crippen LogP contribution is 2.23. The van der Waals surface area contributed by atoms with Crippen LogP contribution in [0.25, 0.3) is 0 Å². The summed E-state index contributed by atoms with van der Waals surface area (Å²) < 4.78 is 0. The van der Waals surface area contributed by atoms with Crippen molar-refractivity contribution in [3.8, 4) is 0 Å². The Hall–Kier alpha value is -0.780. The van der Waals surface area contributed by atoms with Crippen molar-refractivity contribution in [2.45, 2.75) is 46.5 Å². The molecule has 0 aliphatic heterocycles. The largest absolute Gasteiger partial charge is 0.0587 e. The average molecular weight is 175 g/mol. The molecule has 1 rings (SSSR count). The highest BCUT2D eigenvalue weighted by Gasteiger charge is 2.06. The molecule has 0 saturated heterocycles. The fraction of sp³-hybridized carbons (Fsp3) is 0.538. The Balaban J connectivity index is 3.11. The molecule has 71 valence electrons. The van der Waals surface area contributed by atoms with Gasteiger partial charge in [0.25, 0.3) is 0 Å². The first-order valence-electron chi connectivity index (χ1n) is 5.05. The summed E-state index contributed by atoms with van der Waals surface area (Å²) in [5.41, 5.74) is 4.06. The quantitative estimate of drug-likeness (QED) is 0.636. The third kappa shape index (κ3) is 2.33. The van der Waals surface area contributed by atoms with Gasteiger partial charge in [-0.1, -0.05) is 39.8 Å². The van der Waals surface area contributed by atoms with Crippen molar-refractivity contribution in [2.24, 2.45) is 0 Å². The molecule has 0 aromatic heterocycles. The molecule has 0 saturated carbocycles. The third-order valence-corrected chi connectivity index (χ3v) is 2.42. The summed E-state index contributed by atoms with van der Waals surface area (Å²) >= 11 is 0. The predicted octanol–water partition coefficient (Wildman–Crippen LogP) is 4.04. The van der Waals surface area contributed by atoms with E-state index in [4.69, 9.17) is 0 Å². The van der Waals surface area contributed by atoms with Crippen LogP contribution in [0.2, 0.25) is 0 Å². The second kappa shape index (κ2) is 3.95. The number of hydrogen-bond acceptors (Lipinski definition) is 0. The molecule has 0 fully saturated rings. The summed E-state index contributed by atoms with van der Waals surface area (Å²) in [5, 5.41) is 0. The Morgan fingerprint density at radius 3 is 2.08 bits per heavy atom. The van der Waals surface area contributed by atoms with Crippen molar-refractivity contribution in [3.05, 3.63) is 34.9 Å². The Bertz CT molecular complexity index is 282. The summed E-state index contributed by atoms with van der Waals surface area (Å²) in [7, 11) is 0. The molecule has 13 heavy (non-hydrogen) atoms. The third-order valence-electron chi connectivity index (χ3n) is 2.42. The van der Waals surface area contributed by atoms with Gasteiger partial charge in [0.2, 0.25) is 0 Å². The highest BCUT2D eigenvalue weighted by molar-refractivity contribution is 5.33. The van der Waals surface area contributed by atoms with Gasteiger partial charge < -0.3 is 0 Å². The Morgan fingerprint density at radius 1 is 1.00 bits per heavy atom. The number of rotatable bonds is 2. The molecule has 0 atom stereocenters. The monoisotopic (exact) mass is 175 g/mol. The van der Waals surface area contributed by atoms with E-state index in [1.54, 1.807) is 0 Å². The van der Waals surface area contributed by atoms with Crippen molar-refractivity contribution in [1.82, 2.24) is 0 Å². The van der Waals surface area contributed by atoms with Gasteiger partial charge in [-0.2, -0.15) is 0 Å².